The summed E-state index contributed by atoms with van der Waals surface area (Å²) >= 11 is 0. The Hall–Kier alpha value is -3.49. The Balaban J connectivity index is 2.22. The number of nitrogens with one attached hydrogen (secondary N) is 1. The summed E-state index contributed by atoms with van der Waals surface area (Å²) in [5.41, 5.74) is 0.442. The van der Waals surface area contributed by atoms with Crippen molar-refractivity contribution in [1.29, 1.82) is 0 Å². The lowest BCUT2D eigenvalue weighted by atomic mass is 10.1. The molecule has 0 unspecified atom stereocenters. The standard InChI is InChI=1S/C17H17N3O6/c1-25-16-12(6-4-8-18-16)10-14(17(22)26-2)19-15(21)11-5-3-7-13(9-11)20(23)24/h3-9,14H,10H2,1-2H3,(H,19,21)/t14-/m1/s1. The van der Waals surface area contributed by atoms with E-state index in [9.17, 15) is 19.7 Å². The number of benzene rings is 1. The van der Waals surface area contributed by atoms with Crippen molar-refractivity contribution in [2.45, 2.75) is 12.5 Å². The van der Waals surface area contributed by atoms with Crippen LogP contribution in [-0.4, -0.2) is 42.0 Å². The van der Waals surface area contributed by atoms with Gasteiger partial charge in [0.15, 0.2) is 0 Å². The molecule has 0 radical (unpaired) electrons. The van der Waals surface area contributed by atoms with Gasteiger partial charge in [0.1, 0.15) is 6.04 Å². The van der Waals surface area contributed by atoms with Gasteiger partial charge in [0.2, 0.25) is 5.88 Å². The molecular formula is C17H17N3O6. The van der Waals surface area contributed by atoms with Crippen LogP contribution >= 0.6 is 0 Å². The molecule has 1 heterocycles. The maximum atomic E-state index is 12.4. The molecule has 136 valence electrons. The maximum Gasteiger partial charge on any atom is 0.328 e. The van der Waals surface area contributed by atoms with E-state index in [2.05, 4.69) is 10.3 Å². The molecule has 2 aromatic rings. The topological polar surface area (TPSA) is 121 Å². The predicted molar refractivity (Wildman–Crippen MR) is 90.9 cm³/mol. The summed E-state index contributed by atoms with van der Waals surface area (Å²) in [6.07, 6.45) is 1.63. The Morgan fingerprint density at radius 2 is 2.04 bits per heavy atom. The normalized spacial score (nSPS) is 11.3. The number of hydrogen-bond acceptors (Lipinski definition) is 7. The summed E-state index contributed by atoms with van der Waals surface area (Å²) < 4.78 is 9.87. The second kappa shape index (κ2) is 8.56. The summed E-state index contributed by atoms with van der Waals surface area (Å²) in [5.74, 6) is -0.965. The Bertz CT molecular complexity index is 824. The first-order valence-electron chi connectivity index (χ1n) is 7.57. The zero-order chi connectivity index (χ0) is 19.1. The fourth-order valence-electron chi connectivity index (χ4n) is 2.32. The third kappa shape index (κ3) is 4.53. The number of nitro benzene ring substituents is 1. The monoisotopic (exact) mass is 359 g/mol. The molecule has 1 atom stereocenters. The van der Waals surface area contributed by atoms with Gasteiger partial charge in [0.25, 0.3) is 11.6 Å². The number of methoxy groups -OCH3 is 2. The highest BCUT2D eigenvalue weighted by Gasteiger charge is 2.25. The van der Waals surface area contributed by atoms with E-state index >= 15 is 0 Å². The Labute approximate surface area is 149 Å². The molecule has 1 aromatic carbocycles. The number of esters is 1. The fraction of sp³-hybridized carbons (Fsp3) is 0.235. The highest BCUT2D eigenvalue weighted by molar-refractivity contribution is 5.97. The molecule has 2 rings (SSSR count). The van der Waals surface area contributed by atoms with Crippen LogP contribution in [0.1, 0.15) is 15.9 Å². The third-order valence-corrected chi connectivity index (χ3v) is 3.58. The minimum atomic E-state index is -1.01. The highest BCUT2D eigenvalue weighted by atomic mass is 16.6. The van der Waals surface area contributed by atoms with Crippen LogP contribution in [0.2, 0.25) is 0 Å². The SMILES string of the molecule is COC(=O)[C@@H](Cc1cccnc1OC)NC(=O)c1cccc([N+](=O)[O-])c1. The average molecular weight is 359 g/mol. The van der Waals surface area contributed by atoms with Crippen LogP contribution in [0, 0.1) is 10.1 Å². The number of nitrogens with zero attached hydrogens (tertiary/aromatic N) is 2. The molecule has 0 saturated heterocycles. The van der Waals surface area contributed by atoms with E-state index in [0.717, 1.165) is 6.07 Å². The van der Waals surface area contributed by atoms with Crippen molar-refractivity contribution in [3.05, 3.63) is 63.8 Å². The number of rotatable bonds is 7. The van der Waals surface area contributed by atoms with Crippen LogP contribution in [0.3, 0.4) is 0 Å². The van der Waals surface area contributed by atoms with E-state index in [4.69, 9.17) is 9.47 Å². The van der Waals surface area contributed by atoms with E-state index in [1.54, 1.807) is 12.1 Å². The summed E-state index contributed by atoms with van der Waals surface area (Å²) in [6, 6.07) is 7.59. The van der Waals surface area contributed by atoms with E-state index in [0.29, 0.717) is 11.4 Å². The molecule has 0 aliphatic carbocycles. The molecule has 9 nitrogen and oxygen atoms in total. The van der Waals surface area contributed by atoms with Crippen molar-refractivity contribution in [2.75, 3.05) is 14.2 Å². The number of pyridine rings is 1. The summed E-state index contributed by atoms with van der Waals surface area (Å²) in [7, 11) is 2.65. The molecule has 0 aliphatic heterocycles. The molecular weight excluding hydrogens is 342 g/mol. The molecule has 26 heavy (non-hydrogen) atoms. The van der Waals surface area contributed by atoms with E-state index in [-0.39, 0.29) is 17.7 Å². The molecule has 9 heteroatoms. The molecule has 0 saturated carbocycles. The summed E-state index contributed by atoms with van der Waals surface area (Å²) in [6.45, 7) is 0. The Morgan fingerprint density at radius 3 is 2.69 bits per heavy atom. The maximum absolute atomic E-state index is 12.4. The van der Waals surface area contributed by atoms with Crippen LogP contribution in [-0.2, 0) is 16.0 Å². The lowest BCUT2D eigenvalue weighted by Crippen LogP contribution is -2.43. The minimum absolute atomic E-state index is 0.0613. The van der Waals surface area contributed by atoms with Gasteiger partial charge in [-0.25, -0.2) is 9.78 Å². The molecule has 0 aliphatic rings. The number of aromatic nitrogens is 1. The summed E-state index contributed by atoms with van der Waals surface area (Å²) in [5, 5.41) is 13.4. The first-order chi connectivity index (χ1) is 12.5. The van der Waals surface area contributed by atoms with Gasteiger partial charge in [-0.3, -0.25) is 14.9 Å². The van der Waals surface area contributed by atoms with Crippen LogP contribution in [0.25, 0.3) is 0 Å². The van der Waals surface area contributed by atoms with Gasteiger partial charge in [-0.2, -0.15) is 0 Å². The van der Waals surface area contributed by atoms with Gasteiger partial charge in [0.05, 0.1) is 19.1 Å². The van der Waals surface area contributed by atoms with Gasteiger partial charge >= 0.3 is 5.97 Å². The number of amides is 1. The smallest absolute Gasteiger partial charge is 0.328 e. The number of nitro groups is 1. The van der Waals surface area contributed by atoms with Crippen LogP contribution in [0.4, 0.5) is 5.69 Å². The zero-order valence-corrected chi connectivity index (χ0v) is 14.2. The van der Waals surface area contributed by atoms with E-state index in [1.165, 1.54) is 38.6 Å². The highest BCUT2D eigenvalue weighted by Crippen LogP contribution is 2.17. The minimum Gasteiger partial charge on any atom is -0.481 e. The lowest BCUT2D eigenvalue weighted by molar-refractivity contribution is -0.384. The molecule has 1 N–H and O–H groups in total. The fourth-order valence-corrected chi connectivity index (χ4v) is 2.32. The van der Waals surface area contributed by atoms with Gasteiger partial charge in [-0.05, 0) is 12.1 Å². The third-order valence-electron chi connectivity index (χ3n) is 3.58. The average Bonchev–Trinajstić information content (AvgIpc) is 2.67. The predicted octanol–water partition coefficient (Wildman–Crippen LogP) is 1.51. The number of hydrogen-bond donors (Lipinski definition) is 1. The largest absolute Gasteiger partial charge is 0.481 e. The van der Waals surface area contributed by atoms with Gasteiger partial charge in [-0.15, -0.1) is 0 Å². The Kier molecular flexibility index (Phi) is 6.20. The number of non-ortho nitro benzene ring substituents is 1. The lowest BCUT2D eigenvalue weighted by Gasteiger charge is -2.17. The molecule has 1 amide bonds. The van der Waals surface area contributed by atoms with Crippen molar-refractivity contribution in [2.24, 2.45) is 0 Å². The van der Waals surface area contributed by atoms with Crippen molar-refractivity contribution < 1.29 is 24.0 Å². The quantitative estimate of drug-likeness (QED) is 0.452. The molecule has 1 aromatic heterocycles. The number of carbonyl (C=O) groups excluding carboxylic acids is 2. The Morgan fingerprint density at radius 1 is 1.27 bits per heavy atom. The first-order valence-corrected chi connectivity index (χ1v) is 7.57. The van der Waals surface area contributed by atoms with Crippen molar-refractivity contribution in [3.8, 4) is 5.88 Å². The molecule has 0 fully saturated rings. The second-order valence-corrected chi connectivity index (χ2v) is 5.23. The number of carbonyl (C=O) groups is 2. The van der Waals surface area contributed by atoms with Gasteiger partial charge < -0.3 is 14.8 Å². The zero-order valence-electron chi connectivity index (χ0n) is 14.2. The van der Waals surface area contributed by atoms with Crippen LogP contribution in [0.5, 0.6) is 5.88 Å². The van der Waals surface area contributed by atoms with Crippen LogP contribution < -0.4 is 10.1 Å². The van der Waals surface area contributed by atoms with Crippen molar-refractivity contribution in [1.82, 2.24) is 10.3 Å². The van der Waals surface area contributed by atoms with Crippen molar-refractivity contribution in [3.63, 3.8) is 0 Å². The van der Waals surface area contributed by atoms with E-state index < -0.39 is 22.8 Å². The van der Waals surface area contributed by atoms with Crippen LogP contribution in [0.15, 0.2) is 42.6 Å². The molecule has 0 bridgehead atoms. The van der Waals surface area contributed by atoms with E-state index in [1.807, 2.05) is 0 Å². The second-order valence-electron chi connectivity index (χ2n) is 5.23. The summed E-state index contributed by atoms with van der Waals surface area (Å²) in [4.78, 5) is 38.7. The van der Waals surface area contributed by atoms with Gasteiger partial charge in [0, 0.05) is 35.9 Å². The molecule has 0 spiro atoms. The first kappa shape index (κ1) is 18.8. The number of ether oxygens (including phenoxy) is 2. The van der Waals surface area contributed by atoms with Gasteiger partial charge in [-0.1, -0.05) is 12.1 Å². The van der Waals surface area contributed by atoms with Crippen molar-refractivity contribution >= 4 is 17.6 Å².